The van der Waals surface area contributed by atoms with Crippen molar-refractivity contribution in [2.24, 2.45) is 4.99 Å². The number of hydrogen-bond acceptors (Lipinski definition) is 6. The summed E-state index contributed by atoms with van der Waals surface area (Å²) in [6, 6.07) is 11.2. The van der Waals surface area contributed by atoms with Crippen molar-refractivity contribution < 1.29 is 19.1 Å². The SMILES string of the molecule is CCCCn1c(=NC(=O)[C@@H](C)Oc2ccc(Cl)cc2Cl)c(C(=O)OCC)cc2c(=O)n3ccccc3nc21. The molecule has 11 heteroatoms. The number of pyridine rings is 2. The number of hydrogen-bond donors (Lipinski definition) is 0. The molecule has 38 heavy (non-hydrogen) atoms. The molecule has 1 aromatic carbocycles. The van der Waals surface area contributed by atoms with Crippen molar-refractivity contribution in [3.05, 3.63) is 80.1 Å². The second kappa shape index (κ2) is 11.8. The van der Waals surface area contributed by atoms with Crippen LogP contribution in [0.4, 0.5) is 0 Å². The lowest BCUT2D eigenvalue weighted by molar-refractivity contribution is -0.124. The Bertz CT molecular complexity index is 1660. The molecule has 0 saturated heterocycles. The van der Waals surface area contributed by atoms with Crippen molar-refractivity contribution in [1.29, 1.82) is 0 Å². The van der Waals surface area contributed by atoms with Crippen molar-refractivity contribution in [3.63, 3.8) is 0 Å². The summed E-state index contributed by atoms with van der Waals surface area (Å²) in [6.45, 7) is 5.66. The van der Waals surface area contributed by atoms with Gasteiger partial charge in [0.15, 0.2) is 11.6 Å². The first-order valence-electron chi connectivity index (χ1n) is 12.2. The summed E-state index contributed by atoms with van der Waals surface area (Å²) >= 11 is 12.1. The van der Waals surface area contributed by atoms with E-state index in [4.69, 9.17) is 32.7 Å². The van der Waals surface area contributed by atoms with Gasteiger partial charge in [-0.25, -0.2) is 9.78 Å². The number of nitrogens with zero attached hydrogens (tertiary/aromatic N) is 4. The zero-order valence-electron chi connectivity index (χ0n) is 21.1. The smallest absolute Gasteiger partial charge is 0.341 e. The van der Waals surface area contributed by atoms with Crippen LogP contribution in [0.15, 0.2) is 58.4 Å². The number of esters is 1. The Kier molecular flexibility index (Phi) is 8.48. The van der Waals surface area contributed by atoms with Crippen LogP contribution < -0.4 is 15.8 Å². The number of aromatic nitrogens is 3. The molecular formula is C27H26Cl2N4O5. The van der Waals surface area contributed by atoms with E-state index in [9.17, 15) is 14.4 Å². The number of amides is 1. The Hall–Kier alpha value is -3.69. The van der Waals surface area contributed by atoms with E-state index in [0.29, 0.717) is 29.3 Å². The average molecular weight is 557 g/mol. The fraction of sp³-hybridized carbons (Fsp3) is 0.296. The maximum Gasteiger partial charge on any atom is 0.341 e. The third kappa shape index (κ3) is 5.58. The maximum absolute atomic E-state index is 13.4. The van der Waals surface area contributed by atoms with Crippen LogP contribution in [-0.4, -0.2) is 38.5 Å². The van der Waals surface area contributed by atoms with Crippen LogP contribution in [0.2, 0.25) is 10.0 Å². The van der Waals surface area contributed by atoms with E-state index < -0.39 is 18.0 Å². The number of unbranched alkanes of at least 4 members (excludes halogenated alkanes) is 1. The van der Waals surface area contributed by atoms with E-state index in [1.165, 1.54) is 23.5 Å². The van der Waals surface area contributed by atoms with Crippen molar-refractivity contribution in [2.45, 2.75) is 46.3 Å². The second-order valence-corrected chi connectivity index (χ2v) is 9.32. The molecule has 0 saturated carbocycles. The summed E-state index contributed by atoms with van der Waals surface area (Å²) in [5, 5.41) is 0.871. The highest BCUT2D eigenvalue weighted by atomic mass is 35.5. The summed E-state index contributed by atoms with van der Waals surface area (Å²) in [7, 11) is 0. The molecule has 0 unspecified atom stereocenters. The lowest BCUT2D eigenvalue weighted by atomic mass is 10.2. The Balaban J connectivity index is 1.95. The molecular weight excluding hydrogens is 531 g/mol. The maximum atomic E-state index is 13.4. The van der Waals surface area contributed by atoms with Crippen LogP contribution >= 0.6 is 23.2 Å². The monoisotopic (exact) mass is 556 g/mol. The molecule has 0 N–H and O–H groups in total. The predicted octanol–water partition coefficient (Wildman–Crippen LogP) is 4.83. The van der Waals surface area contributed by atoms with Gasteiger partial charge in [-0.2, -0.15) is 4.99 Å². The number of benzene rings is 1. The number of rotatable bonds is 8. The molecule has 4 rings (SSSR count). The molecule has 3 aromatic heterocycles. The van der Waals surface area contributed by atoms with Crippen LogP contribution in [-0.2, 0) is 16.1 Å². The van der Waals surface area contributed by atoms with Gasteiger partial charge < -0.3 is 14.0 Å². The molecule has 1 amide bonds. The van der Waals surface area contributed by atoms with Crippen LogP contribution in [0.1, 0.15) is 44.0 Å². The largest absolute Gasteiger partial charge is 0.479 e. The number of fused-ring (bicyclic) bond motifs is 2. The normalized spacial score (nSPS) is 12.6. The summed E-state index contributed by atoms with van der Waals surface area (Å²) in [6.07, 6.45) is 2.06. The average Bonchev–Trinajstić information content (AvgIpc) is 2.89. The fourth-order valence-corrected chi connectivity index (χ4v) is 4.35. The molecule has 0 spiro atoms. The molecule has 4 aromatic rings. The molecule has 0 aliphatic heterocycles. The van der Waals surface area contributed by atoms with E-state index in [0.717, 1.165) is 6.42 Å². The van der Waals surface area contributed by atoms with Gasteiger partial charge in [-0.1, -0.05) is 42.6 Å². The Morgan fingerprint density at radius 3 is 2.63 bits per heavy atom. The zero-order chi connectivity index (χ0) is 27.4. The molecule has 0 bridgehead atoms. The van der Waals surface area contributed by atoms with Crippen LogP contribution in [0.3, 0.4) is 0 Å². The topological polar surface area (TPSA) is 104 Å². The van der Waals surface area contributed by atoms with E-state index in [1.807, 2.05) is 6.92 Å². The molecule has 9 nitrogen and oxygen atoms in total. The van der Waals surface area contributed by atoms with Gasteiger partial charge in [0.2, 0.25) is 0 Å². The van der Waals surface area contributed by atoms with Gasteiger partial charge in [0.25, 0.3) is 11.5 Å². The number of aryl methyl sites for hydroxylation is 1. The summed E-state index contributed by atoms with van der Waals surface area (Å²) in [4.78, 5) is 48.6. The van der Waals surface area contributed by atoms with E-state index in [2.05, 4.69) is 9.98 Å². The minimum atomic E-state index is -1.05. The zero-order valence-corrected chi connectivity index (χ0v) is 22.6. The minimum Gasteiger partial charge on any atom is -0.479 e. The molecule has 0 aliphatic rings. The lowest BCUT2D eigenvalue weighted by Crippen LogP contribution is -2.34. The van der Waals surface area contributed by atoms with Gasteiger partial charge in [0, 0.05) is 17.8 Å². The summed E-state index contributed by atoms with van der Waals surface area (Å²) in [5.41, 5.74) is 0.400. The van der Waals surface area contributed by atoms with E-state index in [1.54, 1.807) is 48.0 Å². The molecule has 1 atom stereocenters. The minimum absolute atomic E-state index is 0.0182. The van der Waals surface area contributed by atoms with Gasteiger partial charge in [-0.05, 0) is 56.7 Å². The van der Waals surface area contributed by atoms with Crippen molar-refractivity contribution in [2.75, 3.05) is 6.61 Å². The third-order valence-electron chi connectivity index (χ3n) is 5.78. The highest BCUT2D eigenvalue weighted by Crippen LogP contribution is 2.28. The first-order valence-corrected chi connectivity index (χ1v) is 12.9. The first-order chi connectivity index (χ1) is 18.2. The van der Waals surface area contributed by atoms with E-state index in [-0.39, 0.29) is 39.4 Å². The highest BCUT2D eigenvalue weighted by Gasteiger charge is 2.22. The number of halogens is 2. The van der Waals surface area contributed by atoms with Gasteiger partial charge in [-0.15, -0.1) is 0 Å². The second-order valence-electron chi connectivity index (χ2n) is 8.48. The number of carbonyl (C=O) groups is 2. The quantitative estimate of drug-likeness (QED) is 0.227. The summed E-state index contributed by atoms with van der Waals surface area (Å²) < 4.78 is 14.0. The number of carbonyl (C=O) groups excluding carboxylic acids is 2. The van der Waals surface area contributed by atoms with Crippen molar-refractivity contribution in [3.8, 4) is 5.75 Å². The van der Waals surface area contributed by atoms with Crippen LogP contribution in [0.5, 0.6) is 5.75 Å². The number of ether oxygens (including phenoxy) is 2. The van der Waals surface area contributed by atoms with Crippen LogP contribution in [0, 0.1) is 0 Å². The van der Waals surface area contributed by atoms with E-state index >= 15 is 0 Å². The predicted molar refractivity (Wildman–Crippen MR) is 145 cm³/mol. The van der Waals surface area contributed by atoms with Gasteiger partial charge in [0.05, 0.1) is 17.0 Å². The van der Waals surface area contributed by atoms with Gasteiger partial charge in [-0.3, -0.25) is 14.0 Å². The molecule has 0 fully saturated rings. The Labute approximate surface area is 228 Å². The Morgan fingerprint density at radius 1 is 1.13 bits per heavy atom. The first kappa shape index (κ1) is 27.3. The summed E-state index contributed by atoms with van der Waals surface area (Å²) in [5.74, 6) is -1.11. The molecule has 0 radical (unpaired) electrons. The fourth-order valence-electron chi connectivity index (χ4n) is 3.89. The van der Waals surface area contributed by atoms with Crippen LogP contribution in [0.25, 0.3) is 16.7 Å². The molecule has 198 valence electrons. The molecule has 0 aliphatic carbocycles. The Morgan fingerprint density at radius 2 is 1.92 bits per heavy atom. The van der Waals surface area contributed by atoms with Gasteiger partial charge in [0.1, 0.15) is 22.6 Å². The standard InChI is InChI=1S/C27H26Cl2N4O5/c1-4-6-12-33-23-18(26(35)32-13-8-7-9-22(32)30-23)15-19(27(36)37-5-2)24(33)31-25(34)16(3)38-21-11-10-17(28)14-20(21)29/h7-11,13-16H,4-6,12H2,1-3H3/t16-/m1/s1. The van der Waals surface area contributed by atoms with Crippen molar-refractivity contribution >= 4 is 51.8 Å². The highest BCUT2D eigenvalue weighted by molar-refractivity contribution is 6.35. The van der Waals surface area contributed by atoms with Gasteiger partial charge >= 0.3 is 5.97 Å². The van der Waals surface area contributed by atoms with Crippen molar-refractivity contribution in [1.82, 2.24) is 14.0 Å². The molecule has 3 heterocycles. The third-order valence-corrected chi connectivity index (χ3v) is 6.31. The lowest BCUT2D eigenvalue weighted by Gasteiger charge is -2.16.